The van der Waals surface area contributed by atoms with E-state index in [1.54, 1.807) is 0 Å². The predicted octanol–water partition coefficient (Wildman–Crippen LogP) is -0.481. The minimum Gasteiger partial charge on any atom is -0.496 e. The zero-order valence-electron chi connectivity index (χ0n) is 12.5. The van der Waals surface area contributed by atoms with Crippen LogP contribution in [0.2, 0.25) is 0 Å². The smallest absolute Gasteiger partial charge is 0.301 e. The number of primary sulfonamides is 1. The fourth-order valence-corrected chi connectivity index (χ4v) is 2.86. The molecule has 2 N–H and O–H groups in total. The van der Waals surface area contributed by atoms with Gasteiger partial charge in [-0.25, -0.2) is 28.5 Å². The molecular weight excluding hydrogens is 338 g/mol. The van der Waals surface area contributed by atoms with Crippen molar-refractivity contribution in [2.45, 2.75) is 4.90 Å². The second-order valence-corrected chi connectivity index (χ2v) is 6.18. The summed E-state index contributed by atoms with van der Waals surface area (Å²) in [7, 11) is -1.38. The zero-order chi connectivity index (χ0) is 17.5. The summed E-state index contributed by atoms with van der Waals surface area (Å²) in [6, 6.07) is 2.57. The highest BCUT2D eigenvalue weighted by molar-refractivity contribution is 7.89. The number of carbonyl (C=O) groups excluding carboxylic acids is 1. The number of sulfonamides is 1. The van der Waals surface area contributed by atoms with Crippen LogP contribution in [-0.2, 0) is 14.8 Å². The van der Waals surface area contributed by atoms with Gasteiger partial charge in [-0.15, -0.1) is 0 Å². The minimum absolute atomic E-state index is 0.0125. The molecule has 11 heteroatoms. The number of amidine groups is 2. The predicted molar refractivity (Wildman–Crippen MR) is 85.8 cm³/mol. The van der Waals surface area contributed by atoms with Crippen LogP contribution in [0.1, 0.15) is 5.56 Å². The molecule has 0 bridgehead atoms. The highest BCUT2D eigenvalue weighted by atomic mass is 32.2. The molecule has 1 aromatic rings. The third kappa shape index (κ3) is 2.59. The summed E-state index contributed by atoms with van der Waals surface area (Å²) >= 11 is 0. The van der Waals surface area contributed by atoms with Gasteiger partial charge < -0.3 is 9.47 Å². The van der Waals surface area contributed by atoms with Crippen LogP contribution in [0.3, 0.4) is 0 Å². The molecule has 2 aliphatic rings. The van der Waals surface area contributed by atoms with Crippen molar-refractivity contribution in [2.75, 3.05) is 14.2 Å². The monoisotopic (exact) mass is 349 g/mol. The summed E-state index contributed by atoms with van der Waals surface area (Å²) in [5.74, 6) is -0.168. The van der Waals surface area contributed by atoms with Crippen molar-refractivity contribution in [1.82, 2.24) is 0 Å². The van der Waals surface area contributed by atoms with Gasteiger partial charge in [0.25, 0.3) is 0 Å². The number of fused-ring (bicyclic) bond motifs is 1. The lowest BCUT2D eigenvalue weighted by Crippen LogP contribution is -2.21. The first-order valence-corrected chi connectivity index (χ1v) is 8.01. The summed E-state index contributed by atoms with van der Waals surface area (Å²) in [6.45, 7) is 0. The first-order valence-electron chi connectivity index (χ1n) is 6.46. The highest BCUT2D eigenvalue weighted by Crippen LogP contribution is 2.33. The molecule has 0 spiro atoms. The van der Waals surface area contributed by atoms with Crippen LogP contribution in [0.25, 0.3) is 0 Å². The Kier molecular flexibility index (Phi) is 3.73. The molecule has 3 rings (SSSR count). The molecule has 0 aromatic heterocycles. The standard InChI is InChI=1S/C13H11N5O5S/c1-22-7-4-8(23-2)9(24(14,20)21)3-6(7)11-17-10-12(18-11)15-5-16-13(10)19/h3-5H,1-2H3,(H2,14,20,21). The van der Waals surface area contributed by atoms with Crippen LogP contribution in [0.4, 0.5) is 0 Å². The van der Waals surface area contributed by atoms with Gasteiger partial charge in [0.2, 0.25) is 10.0 Å². The molecule has 0 atom stereocenters. The molecule has 0 saturated carbocycles. The van der Waals surface area contributed by atoms with Gasteiger partial charge in [-0.2, -0.15) is 4.99 Å². The van der Waals surface area contributed by atoms with Crippen molar-refractivity contribution in [3.63, 3.8) is 0 Å². The molecule has 124 valence electrons. The van der Waals surface area contributed by atoms with Gasteiger partial charge in [-0.1, -0.05) is 0 Å². The number of rotatable bonds is 4. The van der Waals surface area contributed by atoms with Gasteiger partial charge in [-0.05, 0) is 6.07 Å². The van der Waals surface area contributed by atoms with Gasteiger partial charge >= 0.3 is 5.91 Å². The molecule has 0 unspecified atom stereocenters. The lowest BCUT2D eigenvalue weighted by molar-refractivity contribution is -0.111. The van der Waals surface area contributed by atoms with Gasteiger partial charge in [0, 0.05) is 6.07 Å². The molecule has 0 fully saturated rings. The van der Waals surface area contributed by atoms with E-state index >= 15 is 0 Å². The van der Waals surface area contributed by atoms with Crippen LogP contribution in [-0.4, -0.2) is 52.3 Å². The van der Waals surface area contributed by atoms with Crippen LogP contribution in [0, 0.1) is 0 Å². The highest BCUT2D eigenvalue weighted by Gasteiger charge is 2.29. The maximum atomic E-state index is 11.8. The quantitative estimate of drug-likeness (QED) is 0.780. The molecule has 10 nitrogen and oxygen atoms in total. The number of ether oxygens (including phenoxy) is 2. The van der Waals surface area contributed by atoms with E-state index in [0.717, 1.165) is 6.34 Å². The van der Waals surface area contributed by atoms with Gasteiger partial charge in [0.15, 0.2) is 17.4 Å². The first-order chi connectivity index (χ1) is 11.3. The van der Waals surface area contributed by atoms with Crippen LogP contribution >= 0.6 is 0 Å². The fraction of sp³-hybridized carbons (Fsp3) is 0.154. The maximum absolute atomic E-state index is 11.8. The number of methoxy groups -OCH3 is 2. The van der Waals surface area contributed by atoms with Gasteiger partial charge in [0.1, 0.15) is 22.7 Å². The lowest BCUT2D eigenvalue weighted by Gasteiger charge is -2.12. The van der Waals surface area contributed by atoms with Crippen LogP contribution < -0.4 is 14.6 Å². The summed E-state index contributed by atoms with van der Waals surface area (Å²) in [5, 5.41) is 5.21. The molecule has 1 aromatic carbocycles. The number of benzene rings is 1. The van der Waals surface area contributed by atoms with E-state index in [1.807, 2.05) is 0 Å². The summed E-state index contributed by atoms with van der Waals surface area (Å²) in [4.78, 5) is 27.0. The van der Waals surface area contributed by atoms with E-state index in [1.165, 1.54) is 26.4 Å². The van der Waals surface area contributed by atoms with Gasteiger partial charge in [0.05, 0.1) is 19.8 Å². The topological polar surface area (TPSA) is 145 Å². The second kappa shape index (κ2) is 5.62. The molecule has 24 heavy (non-hydrogen) atoms. The molecule has 1 amide bonds. The van der Waals surface area contributed by atoms with E-state index in [-0.39, 0.29) is 39.3 Å². The minimum atomic E-state index is -4.07. The average Bonchev–Trinajstić information content (AvgIpc) is 2.98. The Balaban J connectivity index is 2.21. The Hall–Kier alpha value is -2.92. The molecule has 2 aliphatic heterocycles. The Morgan fingerprint density at radius 1 is 1.04 bits per heavy atom. The normalized spacial score (nSPS) is 16.3. The van der Waals surface area contributed by atoms with E-state index in [2.05, 4.69) is 20.0 Å². The van der Waals surface area contributed by atoms with Gasteiger partial charge in [-0.3, -0.25) is 4.79 Å². The van der Waals surface area contributed by atoms with E-state index in [9.17, 15) is 13.2 Å². The third-order valence-electron chi connectivity index (χ3n) is 3.23. The molecule has 0 aliphatic carbocycles. The van der Waals surface area contributed by atoms with Crippen LogP contribution in [0.5, 0.6) is 11.5 Å². The first kappa shape index (κ1) is 16.0. The maximum Gasteiger partial charge on any atom is 0.301 e. The number of hydrogen-bond acceptors (Lipinski definition) is 8. The lowest BCUT2D eigenvalue weighted by atomic mass is 10.1. The number of amides is 1. The third-order valence-corrected chi connectivity index (χ3v) is 4.16. The van der Waals surface area contributed by atoms with E-state index in [0.29, 0.717) is 0 Å². The second-order valence-electron chi connectivity index (χ2n) is 4.65. The Morgan fingerprint density at radius 2 is 1.75 bits per heavy atom. The molecule has 2 heterocycles. The fourth-order valence-electron chi connectivity index (χ4n) is 2.15. The largest absolute Gasteiger partial charge is 0.496 e. The van der Waals surface area contributed by atoms with E-state index < -0.39 is 15.9 Å². The number of nitrogens with two attached hydrogens (primary N) is 1. The number of carbonyl (C=O) groups is 1. The van der Waals surface area contributed by atoms with Crippen molar-refractivity contribution < 1.29 is 22.7 Å². The Morgan fingerprint density at radius 3 is 2.33 bits per heavy atom. The molecule has 0 saturated heterocycles. The van der Waals surface area contributed by atoms with Crippen molar-refractivity contribution in [3.8, 4) is 11.5 Å². The number of nitrogens with zero attached hydrogens (tertiary/aromatic N) is 4. The summed E-state index contributed by atoms with van der Waals surface area (Å²) < 4.78 is 33.8. The molecular formula is C13H11N5O5S. The SMILES string of the molecule is COc1cc(OC)c(S(N)(=O)=O)cc1C1=NC2=NC=NC(=O)C2=N1. The van der Waals surface area contributed by atoms with Crippen molar-refractivity contribution in [3.05, 3.63) is 17.7 Å². The zero-order valence-corrected chi connectivity index (χ0v) is 13.4. The average molecular weight is 349 g/mol. The summed E-state index contributed by atoms with van der Waals surface area (Å²) in [5.41, 5.74) is 0.197. The Labute approximate surface area is 136 Å². The molecule has 0 radical (unpaired) electrons. The summed E-state index contributed by atoms with van der Waals surface area (Å²) in [6.07, 6.45) is 1.07. The number of aliphatic imine (C=N–C) groups is 4. The van der Waals surface area contributed by atoms with Crippen molar-refractivity contribution >= 4 is 39.7 Å². The number of hydrogen-bond donors (Lipinski definition) is 1. The van der Waals surface area contributed by atoms with Crippen molar-refractivity contribution in [2.24, 2.45) is 25.1 Å². The van der Waals surface area contributed by atoms with Crippen molar-refractivity contribution in [1.29, 1.82) is 0 Å². The van der Waals surface area contributed by atoms with E-state index in [4.69, 9.17) is 14.6 Å². The van der Waals surface area contributed by atoms with Crippen LogP contribution in [0.15, 0.2) is 37.0 Å². The Bertz CT molecular complexity index is 975.